The lowest BCUT2D eigenvalue weighted by atomic mass is 10.4. The molecule has 0 aliphatic heterocycles. The van der Waals surface area contributed by atoms with Crippen LogP contribution in [-0.2, 0) is 4.74 Å². The Morgan fingerprint density at radius 2 is 2.10 bits per heavy atom. The molecule has 0 aromatic carbocycles. The van der Waals surface area contributed by atoms with Crippen LogP contribution in [0.15, 0.2) is 0 Å². The fourth-order valence-corrected chi connectivity index (χ4v) is 0.516. The molecule has 1 atom stereocenters. The van der Waals surface area contributed by atoms with Gasteiger partial charge in [0.15, 0.2) is 0 Å². The SMILES string of the molecule is CC(N)COCCN(C)C. The highest BCUT2D eigenvalue weighted by Gasteiger charge is 1.93. The molecule has 0 fully saturated rings. The standard InChI is InChI=1S/C7H18N2O/c1-7(8)6-10-5-4-9(2)3/h7H,4-6,8H2,1-3H3. The highest BCUT2D eigenvalue weighted by atomic mass is 16.5. The fraction of sp³-hybridized carbons (Fsp3) is 1.00. The maximum Gasteiger partial charge on any atom is 0.0615 e. The molecular formula is C7H18N2O. The minimum atomic E-state index is 0.155. The molecule has 0 saturated carbocycles. The first-order valence-corrected chi connectivity index (χ1v) is 3.61. The molecule has 0 aliphatic rings. The zero-order valence-electron chi connectivity index (χ0n) is 7.13. The Kier molecular flexibility index (Phi) is 5.58. The zero-order valence-corrected chi connectivity index (χ0v) is 7.13. The minimum Gasteiger partial charge on any atom is -0.379 e. The van der Waals surface area contributed by atoms with Crippen LogP contribution in [0.3, 0.4) is 0 Å². The molecule has 3 heteroatoms. The van der Waals surface area contributed by atoms with Crippen LogP contribution in [0.4, 0.5) is 0 Å². The molecule has 62 valence electrons. The number of nitrogens with zero attached hydrogens (tertiary/aromatic N) is 1. The van der Waals surface area contributed by atoms with Crippen molar-refractivity contribution in [3.63, 3.8) is 0 Å². The Labute approximate surface area is 63.1 Å². The summed E-state index contributed by atoms with van der Waals surface area (Å²) in [6.07, 6.45) is 0. The summed E-state index contributed by atoms with van der Waals surface area (Å²) in [5.41, 5.74) is 5.47. The van der Waals surface area contributed by atoms with Crippen molar-refractivity contribution in [3.8, 4) is 0 Å². The van der Waals surface area contributed by atoms with E-state index in [0.717, 1.165) is 13.2 Å². The molecule has 10 heavy (non-hydrogen) atoms. The third-order valence-electron chi connectivity index (χ3n) is 1.06. The highest BCUT2D eigenvalue weighted by Crippen LogP contribution is 1.80. The van der Waals surface area contributed by atoms with Crippen LogP contribution in [0, 0.1) is 0 Å². The fourth-order valence-electron chi connectivity index (χ4n) is 0.516. The van der Waals surface area contributed by atoms with Gasteiger partial charge in [-0.05, 0) is 21.0 Å². The second kappa shape index (κ2) is 5.65. The van der Waals surface area contributed by atoms with Gasteiger partial charge in [-0.15, -0.1) is 0 Å². The van der Waals surface area contributed by atoms with Crippen LogP contribution in [0.1, 0.15) is 6.92 Å². The van der Waals surface area contributed by atoms with Crippen molar-refractivity contribution in [2.24, 2.45) is 5.73 Å². The van der Waals surface area contributed by atoms with Gasteiger partial charge < -0.3 is 15.4 Å². The van der Waals surface area contributed by atoms with E-state index < -0.39 is 0 Å². The molecule has 1 unspecified atom stereocenters. The Balaban J connectivity index is 2.91. The molecule has 0 amide bonds. The molecule has 0 spiro atoms. The summed E-state index contributed by atoms with van der Waals surface area (Å²) in [6, 6.07) is 0.155. The summed E-state index contributed by atoms with van der Waals surface area (Å²) in [5, 5.41) is 0. The van der Waals surface area contributed by atoms with E-state index in [-0.39, 0.29) is 6.04 Å². The molecule has 0 rings (SSSR count). The van der Waals surface area contributed by atoms with Gasteiger partial charge >= 0.3 is 0 Å². The van der Waals surface area contributed by atoms with E-state index in [1.54, 1.807) is 0 Å². The maximum atomic E-state index is 5.47. The van der Waals surface area contributed by atoms with Gasteiger partial charge in [0.2, 0.25) is 0 Å². The lowest BCUT2D eigenvalue weighted by Crippen LogP contribution is -2.25. The van der Waals surface area contributed by atoms with E-state index in [0.29, 0.717) is 6.61 Å². The Morgan fingerprint density at radius 3 is 2.50 bits per heavy atom. The van der Waals surface area contributed by atoms with Crippen LogP contribution in [0.5, 0.6) is 0 Å². The molecule has 0 saturated heterocycles. The number of likely N-dealkylation sites (N-methyl/N-ethyl adjacent to an activating group) is 1. The summed E-state index contributed by atoms with van der Waals surface area (Å²) in [6.45, 7) is 4.34. The van der Waals surface area contributed by atoms with Gasteiger partial charge in [0.1, 0.15) is 0 Å². The van der Waals surface area contributed by atoms with Gasteiger partial charge in [-0.2, -0.15) is 0 Å². The van der Waals surface area contributed by atoms with Gasteiger partial charge in [0.25, 0.3) is 0 Å². The van der Waals surface area contributed by atoms with Crippen LogP contribution in [0.25, 0.3) is 0 Å². The number of nitrogens with two attached hydrogens (primary N) is 1. The van der Waals surface area contributed by atoms with Crippen molar-refractivity contribution in [3.05, 3.63) is 0 Å². The first kappa shape index (κ1) is 9.88. The third kappa shape index (κ3) is 7.88. The molecule has 0 bridgehead atoms. The van der Waals surface area contributed by atoms with Gasteiger partial charge in [0, 0.05) is 12.6 Å². The molecule has 0 radical (unpaired) electrons. The summed E-state index contributed by atoms with van der Waals surface area (Å²) in [4.78, 5) is 2.08. The van der Waals surface area contributed by atoms with Crippen LogP contribution in [0.2, 0.25) is 0 Å². The average Bonchev–Trinajstić information content (AvgIpc) is 1.79. The van der Waals surface area contributed by atoms with E-state index in [9.17, 15) is 0 Å². The maximum absolute atomic E-state index is 5.47. The second-order valence-electron chi connectivity index (χ2n) is 2.86. The van der Waals surface area contributed by atoms with Crippen molar-refractivity contribution >= 4 is 0 Å². The van der Waals surface area contributed by atoms with Gasteiger partial charge in [-0.1, -0.05) is 0 Å². The van der Waals surface area contributed by atoms with Crippen molar-refractivity contribution in [2.75, 3.05) is 33.9 Å². The average molecular weight is 146 g/mol. The zero-order chi connectivity index (χ0) is 7.98. The Bertz CT molecular complexity index is 64.0. The van der Waals surface area contributed by atoms with E-state index in [1.165, 1.54) is 0 Å². The van der Waals surface area contributed by atoms with E-state index >= 15 is 0 Å². The molecule has 0 heterocycles. The molecule has 3 nitrogen and oxygen atoms in total. The number of hydrogen-bond acceptors (Lipinski definition) is 3. The first-order valence-electron chi connectivity index (χ1n) is 3.61. The van der Waals surface area contributed by atoms with E-state index in [4.69, 9.17) is 10.5 Å². The molecule has 0 aromatic heterocycles. The Morgan fingerprint density at radius 1 is 1.50 bits per heavy atom. The Hall–Kier alpha value is -0.120. The van der Waals surface area contributed by atoms with Crippen LogP contribution < -0.4 is 5.73 Å². The van der Waals surface area contributed by atoms with Gasteiger partial charge in [-0.3, -0.25) is 0 Å². The van der Waals surface area contributed by atoms with Crippen molar-refractivity contribution in [1.82, 2.24) is 4.90 Å². The normalized spacial score (nSPS) is 14.1. The quantitative estimate of drug-likeness (QED) is 0.551. The summed E-state index contributed by atoms with van der Waals surface area (Å²) in [5.74, 6) is 0. The lowest BCUT2D eigenvalue weighted by molar-refractivity contribution is 0.109. The molecule has 0 aromatic rings. The predicted octanol–water partition coefficient (Wildman–Crippen LogP) is -0.0882. The smallest absolute Gasteiger partial charge is 0.0615 e. The molecule has 0 aliphatic carbocycles. The summed E-state index contributed by atoms with van der Waals surface area (Å²) >= 11 is 0. The second-order valence-corrected chi connectivity index (χ2v) is 2.86. The topological polar surface area (TPSA) is 38.5 Å². The van der Waals surface area contributed by atoms with Crippen molar-refractivity contribution in [2.45, 2.75) is 13.0 Å². The lowest BCUT2D eigenvalue weighted by Gasteiger charge is -2.10. The molecule has 2 N–H and O–H groups in total. The highest BCUT2D eigenvalue weighted by molar-refractivity contribution is 4.49. The van der Waals surface area contributed by atoms with Crippen molar-refractivity contribution < 1.29 is 4.74 Å². The minimum absolute atomic E-state index is 0.155. The summed E-state index contributed by atoms with van der Waals surface area (Å²) < 4.78 is 5.24. The summed E-state index contributed by atoms with van der Waals surface area (Å²) in [7, 11) is 4.05. The molecular weight excluding hydrogens is 128 g/mol. The van der Waals surface area contributed by atoms with Crippen LogP contribution in [-0.4, -0.2) is 44.8 Å². The number of ether oxygens (including phenoxy) is 1. The van der Waals surface area contributed by atoms with Crippen molar-refractivity contribution in [1.29, 1.82) is 0 Å². The first-order chi connectivity index (χ1) is 4.63. The third-order valence-corrected chi connectivity index (χ3v) is 1.06. The van der Waals surface area contributed by atoms with E-state index in [1.807, 2.05) is 21.0 Å². The van der Waals surface area contributed by atoms with E-state index in [2.05, 4.69) is 4.90 Å². The van der Waals surface area contributed by atoms with Crippen LogP contribution >= 0.6 is 0 Å². The van der Waals surface area contributed by atoms with Gasteiger partial charge in [0.05, 0.1) is 13.2 Å². The largest absolute Gasteiger partial charge is 0.379 e. The predicted molar refractivity (Wildman–Crippen MR) is 43.0 cm³/mol. The monoisotopic (exact) mass is 146 g/mol. The number of rotatable bonds is 5. The number of hydrogen-bond donors (Lipinski definition) is 1. The van der Waals surface area contributed by atoms with Gasteiger partial charge in [-0.25, -0.2) is 0 Å².